The van der Waals surface area contributed by atoms with Gasteiger partial charge in [0.05, 0.1) is 10.6 Å². The molecule has 108 valence electrons. The second-order valence-corrected chi connectivity index (χ2v) is 5.61. The fourth-order valence-corrected chi connectivity index (χ4v) is 2.69. The maximum absolute atomic E-state index is 9.10. The summed E-state index contributed by atoms with van der Waals surface area (Å²) >= 11 is 5.99. The van der Waals surface area contributed by atoms with Gasteiger partial charge in [0.2, 0.25) is 0 Å². The van der Waals surface area contributed by atoms with Gasteiger partial charge in [-0.15, -0.1) is 0 Å². The Hall–Kier alpha value is -1.28. The molecule has 0 aliphatic carbocycles. The van der Waals surface area contributed by atoms with Crippen molar-refractivity contribution in [2.24, 2.45) is 5.92 Å². The van der Waals surface area contributed by atoms with Crippen LogP contribution in [0.3, 0.4) is 0 Å². The molecule has 0 bridgehead atoms. The predicted molar refractivity (Wildman–Crippen MR) is 80.9 cm³/mol. The van der Waals surface area contributed by atoms with E-state index in [0.717, 1.165) is 44.7 Å². The normalized spacial score (nSPS) is 16.9. The number of piperidine rings is 1. The molecule has 1 heterocycles. The zero-order valence-corrected chi connectivity index (χ0v) is 12.2. The molecule has 1 aromatic rings. The van der Waals surface area contributed by atoms with Gasteiger partial charge >= 0.3 is 0 Å². The monoisotopic (exact) mass is 293 g/mol. The first-order chi connectivity index (χ1) is 9.72. The first kappa shape index (κ1) is 15.1. The Labute approximate surface area is 125 Å². The van der Waals surface area contributed by atoms with Crippen molar-refractivity contribution in [2.75, 3.05) is 38.1 Å². The smallest absolute Gasteiger partial charge is 0.101 e. The van der Waals surface area contributed by atoms with Crippen LogP contribution in [0.4, 0.5) is 5.69 Å². The number of nitrogens with one attached hydrogen (secondary N) is 1. The highest BCUT2D eigenvalue weighted by molar-refractivity contribution is 6.32. The Morgan fingerprint density at radius 2 is 2.15 bits per heavy atom. The summed E-state index contributed by atoms with van der Waals surface area (Å²) < 4.78 is 0. The van der Waals surface area contributed by atoms with Crippen LogP contribution in [0.15, 0.2) is 18.2 Å². The van der Waals surface area contributed by atoms with Crippen LogP contribution in [0.2, 0.25) is 5.02 Å². The number of hydrogen-bond acceptors (Lipinski definition) is 4. The lowest BCUT2D eigenvalue weighted by atomic mass is 9.98. The van der Waals surface area contributed by atoms with Gasteiger partial charge in [-0.1, -0.05) is 11.6 Å². The zero-order chi connectivity index (χ0) is 14.4. The molecule has 0 amide bonds. The third-order valence-corrected chi connectivity index (χ3v) is 4.12. The van der Waals surface area contributed by atoms with E-state index in [1.165, 1.54) is 0 Å². The summed E-state index contributed by atoms with van der Waals surface area (Å²) in [6.07, 6.45) is 2.17. The fraction of sp³-hybridized carbons (Fsp3) is 0.533. The minimum absolute atomic E-state index is 0.315. The highest BCUT2D eigenvalue weighted by Crippen LogP contribution is 2.20. The number of aliphatic hydroxyl groups excluding tert-OH is 1. The second-order valence-electron chi connectivity index (χ2n) is 5.20. The molecule has 0 spiro atoms. The van der Waals surface area contributed by atoms with Crippen molar-refractivity contribution in [2.45, 2.75) is 12.8 Å². The van der Waals surface area contributed by atoms with E-state index in [4.69, 9.17) is 22.0 Å². The molecule has 0 unspecified atom stereocenters. The summed E-state index contributed by atoms with van der Waals surface area (Å²) in [5.74, 6) is 0.483. The molecule has 20 heavy (non-hydrogen) atoms. The van der Waals surface area contributed by atoms with Crippen LogP contribution in [0.25, 0.3) is 0 Å². The van der Waals surface area contributed by atoms with E-state index in [1.54, 1.807) is 12.1 Å². The maximum atomic E-state index is 9.10. The first-order valence-electron chi connectivity index (χ1n) is 6.99. The molecule has 1 aliphatic heterocycles. The SMILES string of the molecule is N#Cc1ccc(NCCN2CCC(CO)CC2)cc1Cl. The van der Waals surface area contributed by atoms with Crippen LogP contribution in [0.1, 0.15) is 18.4 Å². The molecule has 1 saturated heterocycles. The molecule has 5 heteroatoms. The van der Waals surface area contributed by atoms with E-state index in [1.807, 2.05) is 6.07 Å². The highest BCUT2D eigenvalue weighted by atomic mass is 35.5. The van der Waals surface area contributed by atoms with Gasteiger partial charge in [0.1, 0.15) is 6.07 Å². The molecule has 4 nitrogen and oxygen atoms in total. The predicted octanol–water partition coefficient (Wildman–Crippen LogP) is 2.33. The van der Waals surface area contributed by atoms with Crippen LogP contribution >= 0.6 is 11.6 Å². The van der Waals surface area contributed by atoms with Gasteiger partial charge in [0, 0.05) is 25.4 Å². The van der Waals surface area contributed by atoms with Crippen molar-refractivity contribution < 1.29 is 5.11 Å². The Morgan fingerprint density at radius 3 is 2.75 bits per heavy atom. The number of hydrogen-bond donors (Lipinski definition) is 2. The van der Waals surface area contributed by atoms with Crippen molar-refractivity contribution >= 4 is 17.3 Å². The summed E-state index contributed by atoms with van der Waals surface area (Å²) in [6, 6.07) is 7.45. The lowest BCUT2D eigenvalue weighted by Gasteiger charge is -2.31. The molecular formula is C15H20ClN3O. The molecule has 0 saturated carbocycles. The second kappa shape index (κ2) is 7.49. The van der Waals surface area contributed by atoms with Gasteiger partial charge < -0.3 is 15.3 Å². The molecule has 0 radical (unpaired) electrons. The lowest BCUT2D eigenvalue weighted by molar-refractivity contribution is 0.134. The lowest BCUT2D eigenvalue weighted by Crippen LogP contribution is -2.37. The van der Waals surface area contributed by atoms with E-state index in [2.05, 4.69) is 16.3 Å². The Kier molecular flexibility index (Phi) is 5.66. The van der Waals surface area contributed by atoms with E-state index < -0.39 is 0 Å². The Bertz CT molecular complexity index is 478. The molecule has 2 N–H and O–H groups in total. The van der Waals surface area contributed by atoms with E-state index in [0.29, 0.717) is 23.1 Å². The third-order valence-electron chi connectivity index (χ3n) is 3.81. The molecule has 1 aromatic carbocycles. The Balaban J connectivity index is 1.74. The largest absolute Gasteiger partial charge is 0.396 e. The number of rotatable bonds is 5. The van der Waals surface area contributed by atoms with Crippen molar-refractivity contribution in [1.82, 2.24) is 4.90 Å². The van der Waals surface area contributed by atoms with Gasteiger partial charge in [0.15, 0.2) is 0 Å². The Morgan fingerprint density at radius 1 is 1.40 bits per heavy atom. The van der Waals surface area contributed by atoms with E-state index in [-0.39, 0.29) is 0 Å². The molecule has 2 rings (SSSR count). The molecule has 1 aliphatic rings. The molecular weight excluding hydrogens is 274 g/mol. The zero-order valence-electron chi connectivity index (χ0n) is 11.5. The van der Waals surface area contributed by atoms with Gasteiger partial charge in [0.25, 0.3) is 0 Å². The van der Waals surface area contributed by atoms with Crippen molar-refractivity contribution in [1.29, 1.82) is 5.26 Å². The summed E-state index contributed by atoms with van der Waals surface area (Å²) in [6.45, 7) is 4.26. The number of aliphatic hydroxyl groups is 1. The van der Waals surface area contributed by atoms with Crippen molar-refractivity contribution in [3.8, 4) is 6.07 Å². The fourth-order valence-electron chi connectivity index (χ4n) is 2.47. The van der Waals surface area contributed by atoms with Gasteiger partial charge in [-0.3, -0.25) is 0 Å². The third kappa shape index (κ3) is 4.11. The standard InChI is InChI=1S/C15H20ClN3O/c16-15-9-14(2-1-13(15)10-17)18-5-8-19-6-3-12(11-20)4-7-19/h1-2,9,12,18,20H,3-8,11H2. The van der Waals surface area contributed by atoms with Gasteiger partial charge in [-0.25, -0.2) is 0 Å². The highest BCUT2D eigenvalue weighted by Gasteiger charge is 2.17. The maximum Gasteiger partial charge on any atom is 0.101 e. The van der Waals surface area contributed by atoms with Crippen LogP contribution in [-0.4, -0.2) is 42.8 Å². The van der Waals surface area contributed by atoms with Gasteiger partial charge in [-0.2, -0.15) is 5.26 Å². The first-order valence-corrected chi connectivity index (χ1v) is 7.37. The number of halogens is 1. The number of anilines is 1. The molecule has 0 aromatic heterocycles. The van der Waals surface area contributed by atoms with Crippen LogP contribution in [0.5, 0.6) is 0 Å². The summed E-state index contributed by atoms with van der Waals surface area (Å²) in [5.41, 5.74) is 1.45. The number of nitriles is 1. The van der Waals surface area contributed by atoms with Crippen LogP contribution in [-0.2, 0) is 0 Å². The van der Waals surface area contributed by atoms with Crippen LogP contribution in [0, 0.1) is 17.2 Å². The minimum atomic E-state index is 0.315. The molecule has 0 atom stereocenters. The van der Waals surface area contributed by atoms with Crippen LogP contribution < -0.4 is 5.32 Å². The summed E-state index contributed by atoms with van der Waals surface area (Å²) in [5, 5.41) is 21.7. The number of benzene rings is 1. The average molecular weight is 294 g/mol. The van der Waals surface area contributed by atoms with Gasteiger partial charge in [-0.05, 0) is 50.0 Å². The molecule has 1 fully saturated rings. The van der Waals surface area contributed by atoms with Crippen molar-refractivity contribution in [3.05, 3.63) is 28.8 Å². The number of nitrogens with zero attached hydrogens (tertiary/aromatic N) is 2. The summed E-state index contributed by atoms with van der Waals surface area (Å²) in [7, 11) is 0. The minimum Gasteiger partial charge on any atom is -0.396 e. The average Bonchev–Trinajstić information content (AvgIpc) is 2.48. The van der Waals surface area contributed by atoms with E-state index in [9.17, 15) is 0 Å². The quantitative estimate of drug-likeness (QED) is 0.875. The van der Waals surface area contributed by atoms with Crippen molar-refractivity contribution in [3.63, 3.8) is 0 Å². The van der Waals surface area contributed by atoms with E-state index >= 15 is 0 Å². The number of likely N-dealkylation sites (tertiary alicyclic amines) is 1. The summed E-state index contributed by atoms with van der Waals surface area (Å²) in [4.78, 5) is 2.41. The topological polar surface area (TPSA) is 59.3 Å².